The number of hydrogen-bond acceptors (Lipinski definition) is 3. The van der Waals surface area contributed by atoms with E-state index < -0.39 is 0 Å². The normalized spacial score (nSPS) is 11.4. The van der Waals surface area contributed by atoms with Gasteiger partial charge in [-0.15, -0.1) is 0 Å². The molecule has 0 atom stereocenters. The molecule has 4 rings (SSSR count). The van der Waals surface area contributed by atoms with E-state index in [2.05, 4.69) is 58.4 Å². The van der Waals surface area contributed by atoms with Crippen LogP contribution in [0.15, 0.2) is 71.8 Å². The van der Waals surface area contributed by atoms with Gasteiger partial charge in [-0.3, -0.25) is 4.79 Å². The lowest BCUT2D eigenvalue weighted by Crippen LogP contribution is -2.24. The fourth-order valence-corrected chi connectivity index (χ4v) is 3.49. The summed E-state index contributed by atoms with van der Waals surface area (Å²) in [5.74, 6) is 0.359. The summed E-state index contributed by atoms with van der Waals surface area (Å²) in [6, 6.07) is 22.2. The molecule has 1 N–H and O–H groups in total. The topological polar surface area (TPSA) is 55.6 Å². The first-order valence-corrected chi connectivity index (χ1v) is 9.68. The third kappa shape index (κ3) is 3.99. The Morgan fingerprint density at radius 2 is 1.79 bits per heavy atom. The van der Waals surface area contributed by atoms with Crippen LogP contribution in [0.2, 0.25) is 0 Å². The molecule has 29 heavy (non-hydrogen) atoms. The number of carbonyl (C=O) groups excluding carboxylic acids is 1. The van der Waals surface area contributed by atoms with Gasteiger partial charge in [-0.25, -0.2) is 5.43 Å². The number of ether oxygens (including phenoxy) is 1. The van der Waals surface area contributed by atoms with E-state index in [9.17, 15) is 4.79 Å². The predicted octanol–water partition coefficient (Wildman–Crippen LogP) is 4.65. The first-order chi connectivity index (χ1) is 14.2. The standard InChI is InChI=1S/C24H23N3O2/c1-3-27-22-7-5-4-6-20(22)21-14-18(10-13-23(21)27)15-25-26-24(28)16-29-19-11-8-17(2)9-12-19/h4-15H,3,16H2,1-2H3,(H,26,28). The van der Waals surface area contributed by atoms with Gasteiger partial charge >= 0.3 is 0 Å². The van der Waals surface area contributed by atoms with Crippen LogP contribution in [-0.4, -0.2) is 23.3 Å². The molecule has 0 fully saturated rings. The summed E-state index contributed by atoms with van der Waals surface area (Å²) in [5.41, 5.74) is 7.00. The van der Waals surface area contributed by atoms with Gasteiger partial charge in [0.2, 0.25) is 0 Å². The van der Waals surface area contributed by atoms with Gasteiger partial charge in [0.15, 0.2) is 6.61 Å². The summed E-state index contributed by atoms with van der Waals surface area (Å²) in [7, 11) is 0. The number of aryl methyl sites for hydroxylation is 2. The van der Waals surface area contributed by atoms with Crippen LogP contribution in [0.25, 0.3) is 21.8 Å². The highest BCUT2D eigenvalue weighted by Crippen LogP contribution is 2.29. The van der Waals surface area contributed by atoms with Crippen molar-refractivity contribution in [1.82, 2.24) is 9.99 Å². The lowest BCUT2D eigenvalue weighted by molar-refractivity contribution is -0.123. The Labute approximate surface area is 169 Å². The molecular weight excluding hydrogens is 362 g/mol. The number of nitrogens with one attached hydrogen (secondary N) is 1. The van der Waals surface area contributed by atoms with Gasteiger partial charge in [-0.1, -0.05) is 42.0 Å². The lowest BCUT2D eigenvalue weighted by atomic mass is 10.1. The van der Waals surface area contributed by atoms with Crippen molar-refractivity contribution in [3.8, 4) is 5.75 Å². The number of amides is 1. The third-order valence-electron chi connectivity index (χ3n) is 4.91. The number of fused-ring (bicyclic) bond motifs is 3. The van der Waals surface area contributed by atoms with Crippen LogP contribution < -0.4 is 10.2 Å². The molecule has 0 spiro atoms. The molecule has 1 aromatic heterocycles. The first-order valence-electron chi connectivity index (χ1n) is 9.68. The van der Waals surface area contributed by atoms with E-state index in [1.807, 2.05) is 37.3 Å². The Morgan fingerprint density at radius 3 is 2.59 bits per heavy atom. The molecule has 0 unspecified atom stereocenters. The van der Waals surface area contributed by atoms with Gasteiger partial charge in [-0.2, -0.15) is 5.10 Å². The summed E-state index contributed by atoms with van der Waals surface area (Å²) in [4.78, 5) is 11.9. The van der Waals surface area contributed by atoms with Gasteiger partial charge in [0.25, 0.3) is 5.91 Å². The Hall–Kier alpha value is -3.60. The van der Waals surface area contributed by atoms with Crippen LogP contribution in [-0.2, 0) is 11.3 Å². The van der Waals surface area contributed by atoms with Gasteiger partial charge in [0.05, 0.1) is 6.21 Å². The summed E-state index contributed by atoms with van der Waals surface area (Å²) in [6.45, 7) is 4.98. The maximum atomic E-state index is 11.9. The predicted molar refractivity (Wildman–Crippen MR) is 118 cm³/mol. The van der Waals surface area contributed by atoms with Crippen molar-refractivity contribution >= 4 is 33.9 Å². The van der Waals surface area contributed by atoms with E-state index in [1.54, 1.807) is 6.21 Å². The van der Waals surface area contributed by atoms with Crippen LogP contribution in [0.5, 0.6) is 5.75 Å². The van der Waals surface area contributed by atoms with Crippen molar-refractivity contribution in [1.29, 1.82) is 0 Å². The Balaban J connectivity index is 1.45. The number of hydrogen-bond donors (Lipinski definition) is 1. The highest BCUT2D eigenvalue weighted by molar-refractivity contribution is 6.09. The molecule has 0 aliphatic rings. The molecule has 5 heteroatoms. The third-order valence-corrected chi connectivity index (χ3v) is 4.91. The van der Waals surface area contributed by atoms with E-state index in [4.69, 9.17) is 4.74 Å². The minimum atomic E-state index is -0.300. The van der Waals surface area contributed by atoms with Crippen molar-refractivity contribution < 1.29 is 9.53 Å². The van der Waals surface area contributed by atoms with Crippen molar-refractivity contribution in [2.45, 2.75) is 20.4 Å². The lowest BCUT2D eigenvalue weighted by Gasteiger charge is -2.05. The van der Waals surface area contributed by atoms with Crippen LogP contribution in [0, 0.1) is 6.92 Å². The van der Waals surface area contributed by atoms with Gasteiger partial charge < -0.3 is 9.30 Å². The molecule has 1 amide bonds. The number of carbonyl (C=O) groups is 1. The molecule has 1 heterocycles. The maximum Gasteiger partial charge on any atom is 0.277 e. The number of hydrazone groups is 1. The number of nitrogens with zero attached hydrogens (tertiary/aromatic N) is 2. The minimum Gasteiger partial charge on any atom is -0.484 e. The monoisotopic (exact) mass is 385 g/mol. The molecule has 5 nitrogen and oxygen atoms in total. The first kappa shape index (κ1) is 18.7. The Morgan fingerprint density at radius 1 is 1.03 bits per heavy atom. The zero-order valence-corrected chi connectivity index (χ0v) is 16.6. The fourth-order valence-electron chi connectivity index (χ4n) is 3.49. The van der Waals surface area contributed by atoms with Crippen LogP contribution >= 0.6 is 0 Å². The largest absolute Gasteiger partial charge is 0.484 e. The van der Waals surface area contributed by atoms with E-state index in [1.165, 1.54) is 21.8 Å². The maximum absolute atomic E-state index is 11.9. The average molecular weight is 385 g/mol. The molecule has 0 radical (unpaired) electrons. The summed E-state index contributed by atoms with van der Waals surface area (Å²) >= 11 is 0. The second-order valence-corrected chi connectivity index (χ2v) is 6.93. The van der Waals surface area contributed by atoms with Crippen LogP contribution in [0.4, 0.5) is 0 Å². The molecule has 3 aromatic carbocycles. The number of aromatic nitrogens is 1. The van der Waals surface area contributed by atoms with E-state index in [-0.39, 0.29) is 12.5 Å². The Kier molecular flexibility index (Phi) is 5.29. The quantitative estimate of drug-likeness (QED) is 0.388. The molecule has 0 aliphatic carbocycles. The van der Waals surface area contributed by atoms with Gasteiger partial charge in [0.1, 0.15) is 5.75 Å². The molecule has 146 valence electrons. The van der Waals surface area contributed by atoms with Crippen molar-refractivity contribution in [2.24, 2.45) is 5.10 Å². The molecule has 0 saturated heterocycles. The van der Waals surface area contributed by atoms with Crippen LogP contribution in [0.1, 0.15) is 18.1 Å². The van der Waals surface area contributed by atoms with Crippen molar-refractivity contribution in [3.63, 3.8) is 0 Å². The van der Waals surface area contributed by atoms with Crippen molar-refractivity contribution in [2.75, 3.05) is 6.61 Å². The molecule has 0 aliphatic heterocycles. The zero-order chi connectivity index (χ0) is 20.2. The molecule has 0 saturated carbocycles. The SMILES string of the molecule is CCn1c2ccccc2c2cc(C=NNC(=O)COc3ccc(C)cc3)ccc21. The zero-order valence-electron chi connectivity index (χ0n) is 16.6. The highest BCUT2D eigenvalue weighted by Gasteiger charge is 2.09. The second-order valence-electron chi connectivity index (χ2n) is 6.93. The molecular formula is C24H23N3O2. The van der Waals surface area contributed by atoms with E-state index in [0.29, 0.717) is 5.75 Å². The smallest absolute Gasteiger partial charge is 0.277 e. The number of para-hydroxylation sites is 1. The molecule has 4 aromatic rings. The highest BCUT2D eigenvalue weighted by atomic mass is 16.5. The Bertz CT molecular complexity index is 1190. The number of benzene rings is 3. The van der Waals surface area contributed by atoms with E-state index >= 15 is 0 Å². The minimum absolute atomic E-state index is 0.0799. The summed E-state index contributed by atoms with van der Waals surface area (Å²) in [6.07, 6.45) is 1.65. The molecule has 0 bridgehead atoms. The fraction of sp³-hybridized carbons (Fsp3) is 0.167. The average Bonchev–Trinajstić information content (AvgIpc) is 3.06. The van der Waals surface area contributed by atoms with Crippen LogP contribution in [0.3, 0.4) is 0 Å². The van der Waals surface area contributed by atoms with Gasteiger partial charge in [0, 0.05) is 28.4 Å². The summed E-state index contributed by atoms with van der Waals surface area (Å²) < 4.78 is 7.76. The van der Waals surface area contributed by atoms with Crippen molar-refractivity contribution in [3.05, 3.63) is 77.9 Å². The summed E-state index contributed by atoms with van der Waals surface area (Å²) in [5, 5.41) is 6.47. The second kappa shape index (κ2) is 8.19. The van der Waals surface area contributed by atoms with Gasteiger partial charge in [-0.05, 0) is 49.7 Å². The number of rotatable bonds is 6. The van der Waals surface area contributed by atoms with E-state index in [0.717, 1.165) is 17.7 Å².